The lowest BCUT2D eigenvalue weighted by Gasteiger charge is -2.48. The fraction of sp³-hybridized carbons (Fsp3) is 0.600. The van der Waals surface area contributed by atoms with Gasteiger partial charge < -0.3 is 23.9 Å². The van der Waals surface area contributed by atoms with Crippen molar-refractivity contribution >= 4 is 32.9 Å². The Kier molecular flexibility index (Phi) is 9.53. The van der Waals surface area contributed by atoms with Crippen LogP contribution in [0.25, 0.3) is 22.2 Å². The van der Waals surface area contributed by atoms with Crippen LogP contribution in [0.1, 0.15) is 90.2 Å². The zero-order valence-corrected chi connectivity index (χ0v) is 29.0. The van der Waals surface area contributed by atoms with Crippen molar-refractivity contribution in [3.8, 4) is 11.3 Å². The average molecular weight is 671 g/mol. The van der Waals surface area contributed by atoms with Crippen LogP contribution in [0, 0.1) is 5.41 Å². The van der Waals surface area contributed by atoms with Gasteiger partial charge in [-0.25, -0.2) is 4.79 Å². The molecule has 2 saturated heterocycles. The van der Waals surface area contributed by atoms with Gasteiger partial charge in [-0.05, 0) is 101 Å². The monoisotopic (exact) mass is 669 g/mol. The predicted molar refractivity (Wildman–Crippen MR) is 177 cm³/mol. The van der Waals surface area contributed by atoms with Gasteiger partial charge in [-0.3, -0.25) is 9.88 Å². The number of halogens is 1. The second kappa shape index (κ2) is 12.7. The Morgan fingerprint density at radius 1 is 1.16 bits per heavy atom. The van der Waals surface area contributed by atoms with Crippen molar-refractivity contribution in [1.29, 1.82) is 0 Å². The summed E-state index contributed by atoms with van der Waals surface area (Å²) in [5.74, 6) is 0.219. The van der Waals surface area contributed by atoms with E-state index in [4.69, 9.17) is 19.2 Å². The van der Waals surface area contributed by atoms with Crippen molar-refractivity contribution in [3.05, 3.63) is 51.8 Å². The van der Waals surface area contributed by atoms with E-state index in [-0.39, 0.29) is 42.2 Å². The highest BCUT2D eigenvalue weighted by Crippen LogP contribution is 2.44. The maximum atomic E-state index is 13.2. The molecule has 2 bridgehead atoms. The number of benzene rings is 1. The first-order valence-corrected chi connectivity index (χ1v) is 16.6. The summed E-state index contributed by atoms with van der Waals surface area (Å²) in [5, 5.41) is 11.5. The Morgan fingerprint density at radius 3 is 2.43 bits per heavy atom. The third-order valence-electron chi connectivity index (χ3n) is 9.06. The number of methoxy groups -OCH3 is 1. The molecule has 2 unspecified atom stereocenters. The zero-order valence-electron chi connectivity index (χ0n) is 27.4. The number of hydrogen-bond acceptors (Lipinski definition) is 6. The van der Waals surface area contributed by atoms with Gasteiger partial charge in [0.05, 0.1) is 42.8 Å². The van der Waals surface area contributed by atoms with Crippen LogP contribution in [0.3, 0.4) is 0 Å². The molecule has 3 atom stereocenters. The third kappa shape index (κ3) is 6.57. The van der Waals surface area contributed by atoms with E-state index in [9.17, 15) is 9.90 Å². The number of hydrogen-bond donors (Lipinski definition) is 1. The molecule has 2 aliphatic heterocycles. The molecule has 4 heterocycles. The second-order valence-electron chi connectivity index (χ2n) is 14.2. The molecule has 1 N–H and O–H groups in total. The number of aliphatic hydroxyl groups excluding tert-OH is 1. The minimum Gasteiger partial charge on any atom is -0.444 e. The molecule has 8 nitrogen and oxygen atoms in total. The molecule has 2 fully saturated rings. The predicted octanol–water partition coefficient (Wildman–Crippen LogP) is 7.64. The van der Waals surface area contributed by atoms with E-state index >= 15 is 0 Å². The van der Waals surface area contributed by atoms with Gasteiger partial charge in [-0.1, -0.05) is 29.8 Å². The van der Waals surface area contributed by atoms with Crippen molar-refractivity contribution in [2.24, 2.45) is 5.41 Å². The second-order valence-corrected chi connectivity index (χ2v) is 15.1. The van der Waals surface area contributed by atoms with Crippen molar-refractivity contribution in [1.82, 2.24) is 14.5 Å². The Balaban J connectivity index is 1.63. The number of carbonyl (C=O) groups is 1. The first-order chi connectivity index (χ1) is 20.8. The van der Waals surface area contributed by atoms with Crippen LogP contribution < -0.4 is 0 Å². The molecule has 0 saturated carbocycles. The van der Waals surface area contributed by atoms with E-state index in [1.54, 1.807) is 7.11 Å². The van der Waals surface area contributed by atoms with E-state index in [0.29, 0.717) is 19.6 Å². The smallest absolute Gasteiger partial charge is 0.410 e. The number of morpholine rings is 1. The summed E-state index contributed by atoms with van der Waals surface area (Å²) >= 11 is 3.70. The lowest BCUT2D eigenvalue weighted by atomic mass is 9.80. The van der Waals surface area contributed by atoms with Gasteiger partial charge in [0, 0.05) is 47.4 Å². The molecule has 5 rings (SSSR count). The molecule has 0 radical (unpaired) electrons. The van der Waals surface area contributed by atoms with Gasteiger partial charge in [0.2, 0.25) is 0 Å². The maximum absolute atomic E-state index is 13.2. The van der Waals surface area contributed by atoms with Crippen LogP contribution in [0.5, 0.6) is 0 Å². The first kappa shape index (κ1) is 32.9. The number of carbonyl (C=O) groups excluding carboxylic acids is 1. The number of rotatable bonds is 8. The average Bonchev–Trinajstić information content (AvgIpc) is 3.26. The molecule has 3 aromatic rings. The van der Waals surface area contributed by atoms with Gasteiger partial charge in [-0.15, -0.1) is 0 Å². The van der Waals surface area contributed by atoms with Crippen molar-refractivity contribution < 1.29 is 24.1 Å². The van der Waals surface area contributed by atoms with Crippen molar-refractivity contribution in [3.63, 3.8) is 0 Å². The molecular weight excluding hydrogens is 622 g/mol. The number of pyridine rings is 1. The molecular formula is C35H48BrN3O5. The van der Waals surface area contributed by atoms with Crippen LogP contribution in [-0.2, 0) is 27.2 Å². The number of amides is 1. The van der Waals surface area contributed by atoms with Crippen LogP contribution in [-0.4, -0.2) is 70.3 Å². The number of aliphatic hydroxyl groups is 1. The van der Waals surface area contributed by atoms with Gasteiger partial charge in [0.25, 0.3) is 0 Å². The van der Waals surface area contributed by atoms with E-state index in [1.165, 1.54) is 10.9 Å². The lowest BCUT2D eigenvalue weighted by Crippen LogP contribution is -2.59. The largest absolute Gasteiger partial charge is 0.444 e. The summed E-state index contributed by atoms with van der Waals surface area (Å²) in [6.07, 6.45) is 3.81. The molecule has 1 aromatic carbocycles. The number of fused-ring (bicyclic) bond motifs is 3. The highest BCUT2D eigenvalue weighted by molar-refractivity contribution is 9.10. The van der Waals surface area contributed by atoms with Gasteiger partial charge in [-0.2, -0.15) is 0 Å². The summed E-state index contributed by atoms with van der Waals surface area (Å²) in [6.45, 7) is 16.0. The number of nitrogens with zero attached hydrogens (tertiary/aromatic N) is 3. The van der Waals surface area contributed by atoms with E-state index in [2.05, 4.69) is 65.5 Å². The highest BCUT2D eigenvalue weighted by atomic mass is 79.9. The summed E-state index contributed by atoms with van der Waals surface area (Å²) in [4.78, 5) is 20.2. The zero-order chi connectivity index (χ0) is 32.0. The molecule has 2 aliphatic rings. The van der Waals surface area contributed by atoms with Gasteiger partial charge in [0.15, 0.2) is 0 Å². The number of aromatic nitrogens is 2. The molecule has 0 spiro atoms. The van der Waals surface area contributed by atoms with Crippen LogP contribution in [0.15, 0.2) is 34.9 Å². The maximum Gasteiger partial charge on any atom is 0.410 e. The van der Waals surface area contributed by atoms with Gasteiger partial charge >= 0.3 is 6.09 Å². The fourth-order valence-electron chi connectivity index (χ4n) is 6.89. The van der Waals surface area contributed by atoms with Crippen LogP contribution in [0.4, 0.5) is 4.79 Å². The van der Waals surface area contributed by atoms with Crippen LogP contribution in [0.2, 0.25) is 0 Å². The fourth-order valence-corrected chi connectivity index (χ4v) is 7.25. The Bertz CT molecular complexity index is 1500. The topological polar surface area (TPSA) is 86.1 Å². The summed E-state index contributed by atoms with van der Waals surface area (Å²) in [6, 6.07) is 8.66. The van der Waals surface area contributed by atoms with E-state index < -0.39 is 5.60 Å². The summed E-state index contributed by atoms with van der Waals surface area (Å²) in [5.41, 5.74) is 5.75. The summed E-state index contributed by atoms with van der Waals surface area (Å²) < 4.78 is 21.0. The van der Waals surface area contributed by atoms with E-state index in [0.717, 1.165) is 51.9 Å². The van der Waals surface area contributed by atoms with Crippen molar-refractivity contribution in [2.45, 2.75) is 104 Å². The SMILES string of the molecule is CCn1c(-c2cc(C3CC4COCC(C3)N4C(=O)OC(C)(C)C)cnc2[C@H](C)OC)c(CC(C)(C)CO)c2cc(Br)ccc21. The van der Waals surface area contributed by atoms with Crippen LogP contribution >= 0.6 is 15.9 Å². The summed E-state index contributed by atoms with van der Waals surface area (Å²) in [7, 11) is 1.72. The highest BCUT2D eigenvalue weighted by Gasteiger charge is 2.44. The number of piperidine rings is 1. The number of aryl methyl sites for hydroxylation is 1. The minimum absolute atomic E-state index is 0.0521. The Labute approximate surface area is 270 Å². The molecule has 1 amide bonds. The standard InChI is InChI=1S/C35H48BrN3O5/c1-9-38-30-11-10-24(36)15-27(30)29(16-35(6,7)20-40)32(38)28-14-23(17-37-31(28)21(2)42-8)22-12-25-18-43-19-26(13-22)39(25)33(41)44-34(3,4)5/h10-11,14-15,17,21-22,25-26,40H,9,12-13,16,18-20H2,1-8H3/t21-,22?,25?,26?/m0/s1. The molecule has 0 aliphatic carbocycles. The normalized spacial score (nSPS) is 21.5. The number of ether oxygens (including phenoxy) is 3. The first-order valence-electron chi connectivity index (χ1n) is 15.8. The third-order valence-corrected chi connectivity index (χ3v) is 9.55. The molecule has 2 aromatic heterocycles. The Morgan fingerprint density at radius 2 is 1.84 bits per heavy atom. The van der Waals surface area contributed by atoms with Gasteiger partial charge in [0.1, 0.15) is 5.60 Å². The molecule has 44 heavy (non-hydrogen) atoms. The van der Waals surface area contributed by atoms with Crippen molar-refractivity contribution in [2.75, 3.05) is 26.9 Å². The molecule has 240 valence electrons. The lowest BCUT2D eigenvalue weighted by molar-refractivity contribution is -0.0825. The molecule has 9 heteroatoms. The Hall–Kier alpha value is -2.46. The quantitative estimate of drug-likeness (QED) is 0.265. The minimum atomic E-state index is -0.550. The van der Waals surface area contributed by atoms with E-state index in [1.807, 2.05) is 38.8 Å².